The summed E-state index contributed by atoms with van der Waals surface area (Å²) in [5, 5.41) is 3.02. The predicted octanol–water partition coefficient (Wildman–Crippen LogP) is 17.5. The van der Waals surface area contributed by atoms with Crippen LogP contribution >= 0.6 is 7.82 Å². The lowest BCUT2D eigenvalue weighted by Gasteiger charge is -2.30. The van der Waals surface area contributed by atoms with Gasteiger partial charge in [-0.1, -0.05) is 243 Å². The number of phosphoric acid groups is 1. The molecule has 0 saturated carbocycles. The lowest BCUT2D eigenvalue weighted by molar-refractivity contribution is -0.870. The number of nitrogens with zero attached hydrogens (tertiary/aromatic N) is 1. The summed E-state index contributed by atoms with van der Waals surface area (Å²) < 4.78 is 30.2. The van der Waals surface area contributed by atoms with Crippen molar-refractivity contribution in [1.82, 2.24) is 5.32 Å². The maximum atomic E-state index is 13.5. The number of phosphoric ester groups is 1. The molecule has 0 aromatic heterocycles. The first-order valence-corrected chi connectivity index (χ1v) is 31.4. The van der Waals surface area contributed by atoms with Gasteiger partial charge in [0.1, 0.15) is 19.3 Å². The van der Waals surface area contributed by atoms with Crippen molar-refractivity contribution >= 4 is 19.7 Å². The third-order valence-electron chi connectivity index (χ3n) is 13.3. The van der Waals surface area contributed by atoms with Gasteiger partial charge in [0.15, 0.2) is 0 Å². The molecule has 0 saturated heterocycles. The van der Waals surface area contributed by atoms with Gasteiger partial charge < -0.3 is 28.5 Å². The second kappa shape index (κ2) is 51.5. The van der Waals surface area contributed by atoms with Gasteiger partial charge in [-0.3, -0.25) is 14.2 Å². The topological polar surface area (TPSA) is 114 Å². The van der Waals surface area contributed by atoms with Crippen LogP contribution in [0.1, 0.15) is 278 Å². The Hall–Kier alpha value is -2.03. The number of likely N-dealkylation sites (N-methyl/N-ethyl adjacent to an activating group) is 1. The van der Waals surface area contributed by atoms with E-state index in [0.29, 0.717) is 17.4 Å². The van der Waals surface area contributed by atoms with E-state index in [-0.39, 0.29) is 31.5 Å². The Morgan fingerprint density at radius 3 is 1.31 bits per heavy atom. The number of esters is 1. The van der Waals surface area contributed by atoms with E-state index in [9.17, 15) is 19.0 Å². The number of hydrogen-bond donors (Lipinski definition) is 1. The molecule has 3 unspecified atom stereocenters. The number of unbranched alkanes of at least 4 members (excludes halogenated alkanes) is 32. The molecule has 0 bridgehead atoms. The number of nitrogens with one attached hydrogen (secondary N) is 1. The summed E-state index contributed by atoms with van der Waals surface area (Å²) in [5.41, 5.74) is 0. The highest BCUT2D eigenvalue weighted by Gasteiger charge is 2.27. The zero-order valence-corrected chi connectivity index (χ0v) is 48.3. The zero-order chi connectivity index (χ0) is 52.2. The molecule has 0 aromatic carbocycles. The van der Waals surface area contributed by atoms with Crippen LogP contribution in [0.15, 0.2) is 48.6 Å². The Kier molecular flexibility index (Phi) is 50.0. The number of rotatable bonds is 54. The molecule has 71 heavy (non-hydrogen) atoms. The Labute approximate surface area is 439 Å². The lowest BCUT2D eigenvalue weighted by Crippen LogP contribution is -2.47. The van der Waals surface area contributed by atoms with E-state index in [4.69, 9.17) is 13.8 Å². The summed E-state index contributed by atoms with van der Waals surface area (Å²) in [6.07, 6.45) is 62.2. The highest BCUT2D eigenvalue weighted by Crippen LogP contribution is 2.38. The fourth-order valence-electron chi connectivity index (χ4n) is 8.59. The van der Waals surface area contributed by atoms with Gasteiger partial charge in [0.25, 0.3) is 7.82 Å². The van der Waals surface area contributed by atoms with Crippen molar-refractivity contribution in [2.24, 2.45) is 0 Å². The normalized spacial score (nSPS) is 14.1. The molecule has 0 heterocycles. The Morgan fingerprint density at radius 1 is 0.493 bits per heavy atom. The minimum Gasteiger partial charge on any atom is -0.756 e. The molecule has 10 heteroatoms. The van der Waals surface area contributed by atoms with Crippen LogP contribution in [0.3, 0.4) is 0 Å². The van der Waals surface area contributed by atoms with Crippen molar-refractivity contribution in [3.63, 3.8) is 0 Å². The van der Waals surface area contributed by atoms with Gasteiger partial charge in [-0.15, -0.1) is 0 Å². The maximum absolute atomic E-state index is 13.5. The quantitative estimate of drug-likeness (QED) is 0.0212. The van der Waals surface area contributed by atoms with Crippen molar-refractivity contribution in [3.05, 3.63) is 48.6 Å². The lowest BCUT2D eigenvalue weighted by atomic mass is 10.0. The molecule has 0 aliphatic rings. The van der Waals surface area contributed by atoms with Gasteiger partial charge in [-0.2, -0.15) is 0 Å². The first kappa shape index (κ1) is 69.0. The van der Waals surface area contributed by atoms with E-state index in [2.05, 4.69) is 62.5 Å². The van der Waals surface area contributed by atoms with Crippen LogP contribution in [0.25, 0.3) is 0 Å². The molecule has 0 rings (SSSR count). The van der Waals surface area contributed by atoms with E-state index in [1.54, 1.807) is 0 Å². The van der Waals surface area contributed by atoms with Crippen LogP contribution in [0.2, 0.25) is 0 Å². The monoisotopic (exact) mass is 1020 g/mol. The van der Waals surface area contributed by atoms with Crippen LogP contribution in [0.4, 0.5) is 0 Å². The van der Waals surface area contributed by atoms with Gasteiger partial charge in [0.2, 0.25) is 5.91 Å². The first-order valence-electron chi connectivity index (χ1n) is 29.9. The smallest absolute Gasteiger partial charge is 0.306 e. The van der Waals surface area contributed by atoms with Crippen molar-refractivity contribution in [3.8, 4) is 0 Å². The van der Waals surface area contributed by atoms with Crippen LogP contribution in [0, 0.1) is 0 Å². The number of amides is 1. The summed E-state index contributed by atoms with van der Waals surface area (Å²) in [6.45, 7) is 6.81. The number of allylic oxidation sites excluding steroid dienone is 7. The number of carbonyl (C=O) groups is 2. The summed E-state index contributed by atoms with van der Waals surface area (Å²) in [6, 6.07) is -0.886. The molecule has 0 fully saturated rings. The fourth-order valence-corrected chi connectivity index (χ4v) is 9.31. The Balaban J connectivity index is 5.13. The average molecular weight is 1020 g/mol. The summed E-state index contributed by atoms with van der Waals surface area (Å²) >= 11 is 0. The minimum atomic E-state index is -4.69. The van der Waals surface area contributed by atoms with Crippen LogP contribution in [-0.2, 0) is 27.9 Å². The molecule has 9 nitrogen and oxygen atoms in total. The van der Waals surface area contributed by atoms with E-state index in [0.717, 1.165) is 77.0 Å². The minimum absolute atomic E-state index is 0.0222. The summed E-state index contributed by atoms with van der Waals surface area (Å²) in [5.74, 6) is -0.540. The number of carbonyl (C=O) groups excluding carboxylic acids is 2. The molecule has 0 aliphatic carbocycles. The van der Waals surface area contributed by atoms with Crippen molar-refractivity contribution in [2.45, 2.75) is 290 Å². The highest BCUT2D eigenvalue weighted by atomic mass is 31.2. The summed E-state index contributed by atoms with van der Waals surface area (Å²) in [4.78, 5) is 39.8. The van der Waals surface area contributed by atoms with Crippen LogP contribution in [-0.4, -0.2) is 69.4 Å². The predicted molar refractivity (Wildman–Crippen MR) is 302 cm³/mol. The van der Waals surface area contributed by atoms with Gasteiger partial charge in [0, 0.05) is 12.8 Å². The van der Waals surface area contributed by atoms with Crippen LogP contribution in [0.5, 0.6) is 0 Å². The molecule has 0 radical (unpaired) electrons. The standard InChI is InChI=1S/C61H115N2O7P/c1-7-10-13-16-19-22-25-26-27-28-29-30-31-32-33-34-35-36-39-41-44-47-50-53-60(64)62-58(57-69-71(66,67)68-56-55-63(4,5)6)59(52-49-46-43-40-37-23-20-17-14-11-8-2)70-61(65)54-51-48-45-42-38-24-21-18-15-12-9-3/h19,22,26-27,29-30,49,52,58-59H,7-18,20-21,23-25,28,31-48,50-51,53-57H2,1-6H3,(H-,62,64,66,67)/b22-19-,27-26-,30-29-,52-49-. The average Bonchev–Trinajstić information content (AvgIpc) is 3.33. The number of quaternary nitrogens is 1. The van der Waals surface area contributed by atoms with Crippen molar-refractivity contribution in [1.29, 1.82) is 0 Å². The number of hydrogen-bond acceptors (Lipinski definition) is 7. The molecular formula is C61H115N2O7P. The highest BCUT2D eigenvalue weighted by molar-refractivity contribution is 7.45. The second-order valence-corrected chi connectivity index (χ2v) is 22.9. The van der Waals surface area contributed by atoms with E-state index < -0.39 is 20.0 Å². The van der Waals surface area contributed by atoms with Gasteiger partial charge >= 0.3 is 5.97 Å². The zero-order valence-electron chi connectivity index (χ0n) is 47.4. The third-order valence-corrected chi connectivity index (χ3v) is 14.2. The molecular weight excluding hydrogens is 904 g/mol. The van der Waals surface area contributed by atoms with E-state index in [1.807, 2.05) is 33.3 Å². The van der Waals surface area contributed by atoms with Gasteiger partial charge in [-0.05, 0) is 70.3 Å². The first-order chi connectivity index (χ1) is 34.4. The van der Waals surface area contributed by atoms with Crippen LogP contribution < -0.4 is 10.2 Å². The van der Waals surface area contributed by atoms with Crippen molar-refractivity contribution < 1.29 is 37.3 Å². The molecule has 3 atom stereocenters. The molecule has 0 aromatic rings. The second-order valence-electron chi connectivity index (χ2n) is 21.5. The molecule has 0 aliphatic heterocycles. The Bertz CT molecular complexity index is 1360. The third kappa shape index (κ3) is 52.6. The SMILES string of the molecule is CCCCC/C=C\C/C=C\C/C=C\CCCCCCCCCCCCC(=O)NC(COP(=O)([O-])OCC[N+](C)(C)C)C(/C=C\CCCCCCCCCCC)OC(=O)CCCCCCCCCCCCC. The maximum Gasteiger partial charge on any atom is 0.306 e. The summed E-state index contributed by atoms with van der Waals surface area (Å²) in [7, 11) is 1.19. The molecule has 0 spiro atoms. The molecule has 1 N–H and O–H groups in total. The molecule has 416 valence electrons. The van der Waals surface area contributed by atoms with Gasteiger partial charge in [0.05, 0.1) is 33.8 Å². The van der Waals surface area contributed by atoms with E-state index in [1.165, 1.54) is 167 Å². The Morgan fingerprint density at radius 2 is 0.859 bits per heavy atom. The number of ether oxygens (including phenoxy) is 1. The van der Waals surface area contributed by atoms with E-state index >= 15 is 0 Å². The molecule has 1 amide bonds. The van der Waals surface area contributed by atoms with Gasteiger partial charge in [-0.25, -0.2) is 0 Å². The largest absolute Gasteiger partial charge is 0.756 e. The van der Waals surface area contributed by atoms with Crippen molar-refractivity contribution in [2.75, 3.05) is 40.9 Å². The fraction of sp³-hybridized carbons (Fsp3) is 0.836.